The molecule has 0 bridgehead atoms. The van der Waals surface area contributed by atoms with Crippen LogP contribution in [0.5, 0.6) is 0 Å². The highest BCUT2D eigenvalue weighted by atomic mass is 32.1. The van der Waals surface area contributed by atoms with Crippen molar-refractivity contribution in [2.24, 2.45) is 0 Å². The number of hydrogen-bond acceptors (Lipinski definition) is 4. The van der Waals surface area contributed by atoms with Crippen LogP contribution in [0.3, 0.4) is 0 Å². The molecule has 0 aliphatic rings. The first-order chi connectivity index (χ1) is 8.99. The molecule has 1 atom stereocenters. The van der Waals surface area contributed by atoms with Crippen LogP contribution in [0.4, 0.5) is 0 Å². The van der Waals surface area contributed by atoms with Gasteiger partial charge in [0.05, 0.1) is 0 Å². The molecule has 0 fully saturated rings. The van der Waals surface area contributed by atoms with Crippen molar-refractivity contribution in [3.05, 3.63) is 34.8 Å². The van der Waals surface area contributed by atoms with E-state index in [1.165, 1.54) is 5.56 Å². The summed E-state index contributed by atoms with van der Waals surface area (Å²) in [4.78, 5) is 2.21. The largest absolute Gasteiger partial charge is 0.303 e. The first-order valence-electron chi connectivity index (χ1n) is 6.59. The highest BCUT2D eigenvalue weighted by molar-refractivity contribution is 7.14. The summed E-state index contributed by atoms with van der Waals surface area (Å²) in [6.45, 7) is 6.50. The minimum atomic E-state index is 0.426. The molecule has 2 aromatic rings. The monoisotopic (exact) mass is 275 g/mol. The molecule has 102 valence electrons. The van der Waals surface area contributed by atoms with E-state index in [1.807, 2.05) is 0 Å². The van der Waals surface area contributed by atoms with Crippen molar-refractivity contribution in [1.29, 1.82) is 0 Å². The van der Waals surface area contributed by atoms with Gasteiger partial charge in [-0.2, -0.15) is 0 Å². The normalized spacial score (nSPS) is 13.2. The van der Waals surface area contributed by atoms with Gasteiger partial charge in [-0.3, -0.25) is 0 Å². The Bertz CT molecular complexity index is 529. The van der Waals surface area contributed by atoms with Crippen LogP contribution in [0, 0.1) is 0 Å². The first-order valence-corrected chi connectivity index (χ1v) is 7.41. The molecule has 0 N–H and O–H groups in total. The van der Waals surface area contributed by atoms with Crippen molar-refractivity contribution < 1.29 is 0 Å². The summed E-state index contributed by atoms with van der Waals surface area (Å²) in [6, 6.07) is 9.06. The predicted molar refractivity (Wildman–Crippen MR) is 81.5 cm³/mol. The number of rotatable bonds is 4. The summed E-state index contributed by atoms with van der Waals surface area (Å²) >= 11 is 1.68. The second-order valence-corrected chi connectivity index (χ2v) is 6.37. The van der Waals surface area contributed by atoms with Crippen LogP contribution in [0.2, 0.25) is 0 Å². The SMILES string of the molecule is CC(C)c1nnc(-c2ccc(C(C)N(C)C)cc2)s1. The highest BCUT2D eigenvalue weighted by Gasteiger charge is 2.11. The maximum Gasteiger partial charge on any atom is 0.147 e. The van der Waals surface area contributed by atoms with Crippen LogP contribution >= 0.6 is 11.3 Å². The fourth-order valence-corrected chi connectivity index (χ4v) is 2.64. The smallest absolute Gasteiger partial charge is 0.147 e. The molecule has 0 amide bonds. The fourth-order valence-electron chi connectivity index (χ4n) is 1.79. The molecule has 19 heavy (non-hydrogen) atoms. The summed E-state index contributed by atoms with van der Waals surface area (Å²) in [7, 11) is 4.19. The molecule has 0 spiro atoms. The third kappa shape index (κ3) is 3.19. The van der Waals surface area contributed by atoms with E-state index >= 15 is 0 Å². The van der Waals surface area contributed by atoms with E-state index in [0.29, 0.717) is 12.0 Å². The topological polar surface area (TPSA) is 29.0 Å². The van der Waals surface area contributed by atoms with E-state index in [1.54, 1.807) is 11.3 Å². The van der Waals surface area contributed by atoms with Crippen molar-refractivity contribution in [2.75, 3.05) is 14.1 Å². The molecule has 0 saturated heterocycles. The Kier molecular flexibility index (Phi) is 4.32. The van der Waals surface area contributed by atoms with Crippen molar-refractivity contribution in [3.8, 4) is 10.6 Å². The molecule has 0 radical (unpaired) electrons. The van der Waals surface area contributed by atoms with Crippen LogP contribution in [0.15, 0.2) is 24.3 Å². The molecule has 2 rings (SSSR count). The molecule has 1 unspecified atom stereocenters. The van der Waals surface area contributed by atoms with Gasteiger partial charge in [0.15, 0.2) is 0 Å². The molecular formula is C15H21N3S. The zero-order valence-corrected chi connectivity index (χ0v) is 13.0. The van der Waals surface area contributed by atoms with Gasteiger partial charge in [0.2, 0.25) is 0 Å². The summed E-state index contributed by atoms with van der Waals surface area (Å²) in [6.07, 6.45) is 0. The van der Waals surface area contributed by atoms with Gasteiger partial charge in [-0.1, -0.05) is 49.4 Å². The maximum atomic E-state index is 4.28. The van der Waals surface area contributed by atoms with Gasteiger partial charge < -0.3 is 4.90 Å². The molecule has 0 aliphatic carbocycles. The molecule has 1 heterocycles. The summed E-state index contributed by atoms with van der Waals surface area (Å²) in [5.41, 5.74) is 2.47. The average Bonchev–Trinajstić information content (AvgIpc) is 2.87. The molecule has 3 nitrogen and oxygen atoms in total. The second-order valence-electron chi connectivity index (χ2n) is 5.36. The predicted octanol–water partition coefficient (Wildman–Crippen LogP) is 3.95. The highest BCUT2D eigenvalue weighted by Crippen LogP contribution is 2.28. The average molecular weight is 275 g/mol. The number of aromatic nitrogens is 2. The van der Waals surface area contributed by atoms with E-state index < -0.39 is 0 Å². The molecule has 4 heteroatoms. The van der Waals surface area contributed by atoms with Gasteiger partial charge in [-0.25, -0.2) is 0 Å². The number of hydrogen-bond donors (Lipinski definition) is 0. The Morgan fingerprint density at radius 1 is 1.00 bits per heavy atom. The van der Waals surface area contributed by atoms with Gasteiger partial charge in [0, 0.05) is 17.5 Å². The number of nitrogens with zero attached hydrogens (tertiary/aromatic N) is 3. The maximum absolute atomic E-state index is 4.28. The van der Waals surface area contributed by atoms with Crippen LogP contribution in [-0.2, 0) is 0 Å². The molecular weight excluding hydrogens is 254 g/mol. The minimum Gasteiger partial charge on any atom is -0.303 e. The minimum absolute atomic E-state index is 0.426. The Labute approximate surface area is 119 Å². The molecule has 0 aliphatic heterocycles. The van der Waals surface area contributed by atoms with E-state index in [2.05, 4.69) is 74.2 Å². The molecule has 1 aromatic carbocycles. The van der Waals surface area contributed by atoms with Crippen LogP contribution in [0.1, 0.15) is 43.3 Å². The lowest BCUT2D eigenvalue weighted by Gasteiger charge is -2.20. The van der Waals surface area contributed by atoms with E-state index in [9.17, 15) is 0 Å². The standard InChI is InChI=1S/C15H21N3S/c1-10(2)14-16-17-15(19-14)13-8-6-12(7-9-13)11(3)18(4)5/h6-11H,1-5H3. The van der Waals surface area contributed by atoms with Crippen molar-refractivity contribution in [1.82, 2.24) is 15.1 Å². The van der Waals surface area contributed by atoms with Gasteiger partial charge in [-0.15, -0.1) is 10.2 Å². The third-order valence-corrected chi connectivity index (χ3v) is 4.62. The second kappa shape index (κ2) is 5.80. The fraction of sp³-hybridized carbons (Fsp3) is 0.467. The van der Waals surface area contributed by atoms with E-state index in [4.69, 9.17) is 0 Å². The quantitative estimate of drug-likeness (QED) is 0.846. The Morgan fingerprint density at radius 2 is 1.63 bits per heavy atom. The van der Waals surface area contributed by atoms with Crippen LogP contribution < -0.4 is 0 Å². The Hall–Kier alpha value is -1.26. The summed E-state index contributed by atoms with van der Waals surface area (Å²) < 4.78 is 0. The van der Waals surface area contributed by atoms with Crippen molar-refractivity contribution >= 4 is 11.3 Å². The van der Waals surface area contributed by atoms with Crippen molar-refractivity contribution in [2.45, 2.75) is 32.7 Å². The Morgan fingerprint density at radius 3 is 2.11 bits per heavy atom. The van der Waals surface area contributed by atoms with Crippen LogP contribution in [0.25, 0.3) is 10.6 Å². The zero-order chi connectivity index (χ0) is 14.0. The van der Waals surface area contributed by atoms with E-state index in [0.717, 1.165) is 15.6 Å². The lowest BCUT2D eigenvalue weighted by Crippen LogP contribution is -2.16. The van der Waals surface area contributed by atoms with Gasteiger partial charge in [0.25, 0.3) is 0 Å². The van der Waals surface area contributed by atoms with Gasteiger partial charge in [-0.05, 0) is 26.6 Å². The summed E-state index contributed by atoms with van der Waals surface area (Å²) in [5.74, 6) is 0.444. The molecule has 1 aromatic heterocycles. The van der Waals surface area contributed by atoms with Crippen molar-refractivity contribution in [3.63, 3.8) is 0 Å². The lowest BCUT2D eigenvalue weighted by atomic mass is 10.1. The van der Waals surface area contributed by atoms with E-state index in [-0.39, 0.29) is 0 Å². The molecule has 0 saturated carbocycles. The zero-order valence-electron chi connectivity index (χ0n) is 12.2. The third-order valence-electron chi connectivity index (χ3n) is 3.35. The Balaban J connectivity index is 2.22. The summed E-state index contributed by atoms with van der Waals surface area (Å²) in [5, 5.41) is 10.6. The lowest BCUT2D eigenvalue weighted by molar-refractivity contribution is 0.321. The first kappa shape index (κ1) is 14.2. The number of benzene rings is 1. The van der Waals surface area contributed by atoms with Gasteiger partial charge >= 0.3 is 0 Å². The van der Waals surface area contributed by atoms with Gasteiger partial charge in [0.1, 0.15) is 10.0 Å². The van der Waals surface area contributed by atoms with Crippen LogP contribution in [-0.4, -0.2) is 29.2 Å².